The first-order valence-corrected chi connectivity index (χ1v) is 6.26. The molecule has 0 saturated heterocycles. The van der Waals surface area contributed by atoms with Crippen molar-refractivity contribution in [1.82, 2.24) is 4.98 Å². The Labute approximate surface area is 120 Å². The molecule has 0 radical (unpaired) electrons. The number of benzene rings is 1. The van der Waals surface area contributed by atoms with Crippen molar-refractivity contribution in [2.24, 2.45) is 0 Å². The standard InChI is InChI=1S/C14H14FN3O3/c1-9-5-12(18(20)21)7-16-14(9)17-8-13(19)10-3-2-4-11(15)6-10/h2-7,13,19H,8H2,1H3,(H,16,17)/t13-/m0/s1. The molecule has 0 aliphatic rings. The van der Waals surface area contributed by atoms with Crippen LogP contribution in [0, 0.1) is 22.9 Å². The number of hydrogen-bond acceptors (Lipinski definition) is 5. The van der Waals surface area contributed by atoms with Gasteiger partial charge in [0.25, 0.3) is 5.69 Å². The Morgan fingerprint density at radius 3 is 2.86 bits per heavy atom. The molecule has 0 amide bonds. The normalized spacial score (nSPS) is 12.0. The van der Waals surface area contributed by atoms with E-state index in [1.807, 2.05) is 0 Å². The van der Waals surface area contributed by atoms with Gasteiger partial charge in [0.1, 0.15) is 17.8 Å². The molecule has 0 fully saturated rings. The molecule has 2 rings (SSSR count). The van der Waals surface area contributed by atoms with E-state index in [-0.39, 0.29) is 12.2 Å². The van der Waals surface area contributed by atoms with Crippen molar-refractivity contribution >= 4 is 11.5 Å². The number of nitrogens with zero attached hydrogens (tertiary/aromatic N) is 2. The molecule has 1 atom stereocenters. The van der Waals surface area contributed by atoms with Crippen molar-refractivity contribution in [3.63, 3.8) is 0 Å². The zero-order valence-corrected chi connectivity index (χ0v) is 11.3. The maximum atomic E-state index is 13.1. The number of aliphatic hydroxyl groups excluding tert-OH is 1. The molecule has 0 aliphatic heterocycles. The van der Waals surface area contributed by atoms with Crippen LogP contribution in [0.15, 0.2) is 36.5 Å². The van der Waals surface area contributed by atoms with Crippen molar-refractivity contribution in [3.8, 4) is 0 Å². The Morgan fingerprint density at radius 2 is 2.24 bits per heavy atom. The van der Waals surface area contributed by atoms with E-state index in [1.165, 1.54) is 24.3 Å². The van der Waals surface area contributed by atoms with E-state index in [9.17, 15) is 19.6 Å². The van der Waals surface area contributed by atoms with Crippen LogP contribution in [0.5, 0.6) is 0 Å². The number of halogens is 1. The van der Waals surface area contributed by atoms with Crippen molar-refractivity contribution in [1.29, 1.82) is 0 Å². The largest absolute Gasteiger partial charge is 0.387 e. The van der Waals surface area contributed by atoms with Crippen LogP contribution in [0.4, 0.5) is 15.9 Å². The summed E-state index contributed by atoms with van der Waals surface area (Å²) >= 11 is 0. The molecule has 0 bridgehead atoms. The molecular formula is C14H14FN3O3. The Morgan fingerprint density at radius 1 is 1.48 bits per heavy atom. The summed E-state index contributed by atoms with van der Waals surface area (Å²) < 4.78 is 13.1. The summed E-state index contributed by atoms with van der Waals surface area (Å²) in [6, 6.07) is 7.08. The molecule has 7 heteroatoms. The van der Waals surface area contributed by atoms with Crippen molar-refractivity contribution in [3.05, 3.63) is 63.6 Å². The van der Waals surface area contributed by atoms with E-state index in [1.54, 1.807) is 13.0 Å². The number of rotatable bonds is 5. The number of nitrogens with one attached hydrogen (secondary N) is 1. The maximum absolute atomic E-state index is 13.1. The van der Waals surface area contributed by atoms with Crippen LogP contribution in [-0.2, 0) is 0 Å². The highest BCUT2D eigenvalue weighted by Crippen LogP contribution is 2.20. The first-order chi connectivity index (χ1) is 9.97. The summed E-state index contributed by atoms with van der Waals surface area (Å²) in [6.07, 6.45) is 0.237. The molecule has 0 saturated carbocycles. The lowest BCUT2D eigenvalue weighted by Crippen LogP contribution is -2.14. The Kier molecular flexibility index (Phi) is 4.44. The summed E-state index contributed by atoms with van der Waals surface area (Å²) in [5.74, 6) is 0.0206. The Hall–Kier alpha value is -2.54. The summed E-state index contributed by atoms with van der Waals surface area (Å²) in [5, 5.41) is 23.5. The number of anilines is 1. The quantitative estimate of drug-likeness (QED) is 0.653. The molecule has 110 valence electrons. The molecular weight excluding hydrogens is 277 g/mol. The second-order valence-electron chi connectivity index (χ2n) is 4.57. The van der Waals surface area contributed by atoms with Gasteiger partial charge in [-0.2, -0.15) is 0 Å². The number of aliphatic hydroxyl groups is 1. The molecule has 6 nitrogen and oxygen atoms in total. The third-order valence-electron chi connectivity index (χ3n) is 2.97. The van der Waals surface area contributed by atoms with Gasteiger partial charge in [-0.25, -0.2) is 9.37 Å². The van der Waals surface area contributed by atoms with E-state index in [0.717, 1.165) is 6.20 Å². The van der Waals surface area contributed by atoms with Crippen molar-refractivity contribution in [2.45, 2.75) is 13.0 Å². The number of aryl methyl sites for hydroxylation is 1. The summed E-state index contributed by atoms with van der Waals surface area (Å²) in [4.78, 5) is 14.0. The summed E-state index contributed by atoms with van der Waals surface area (Å²) in [5.41, 5.74) is 0.946. The summed E-state index contributed by atoms with van der Waals surface area (Å²) in [6.45, 7) is 1.80. The fraction of sp³-hybridized carbons (Fsp3) is 0.214. The minimum Gasteiger partial charge on any atom is -0.387 e. The van der Waals surface area contributed by atoms with E-state index in [0.29, 0.717) is 16.9 Å². The molecule has 21 heavy (non-hydrogen) atoms. The Balaban J connectivity index is 2.04. The SMILES string of the molecule is Cc1cc([N+](=O)[O-])cnc1NC[C@H](O)c1cccc(F)c1. The molecule has 0 aliphatic carbocycles. The number of pyridine rings is 1. The predicted octanol–water partition coefficient (Wildman–Crippen LogP) is 2.58. The highest BCUT2D eigenvalue weighted by molar-refractivity contribution is 5.48. The van der Waals surface area contributed by atoms with Crippen LogP contribution < -0.4 is 5.32 Å². The first-order valence-electron chi connectivity index (χ1n) is 6.26. The lowest BCUT2D eigenvalue weighted by Gasteiger charge is -2.13. The molecule has 2 aromatic rings. The Bertz CT molecular complexity index is 664. The van der Waals surface area contributed by atoms with Crippen molar-refractivity contribution < 1.29 is 14.4 Å². The zero-order chi connectivity index (χ0) is 15.4. The van der Waals surface area contributed by atoms with E-state index >= 15 is 0 Å². The van der Waals surface area contributed by atoms with Crippen LogP contribution in [0.1, 0.15) is 17.2 Å². The topological polar surface area (TPSA) is 88.3 Å². The highest BCUT2D eigenvalue weighted by atomic mass is 19.1. The molecule has 1 aromatic carbocycles. The minimum atomic E-state index is -0.905. The average molecular weight is 291 g/mol. The molecule has 2 N–H and O–H groups in total. The molecule has 1 heterocycles. The van der Waals surface area contributed by atoms with Gasteiger partial charge in [-0.1, -0.05) is 12.1 Å². The number of nitro groups is 1. The van der Waals surface area contributed by atoms with Crippen LogP contribution in [0.25, 0.3) is 0 Å². The van der Waals surface area contributed by atoms with Gasteiger partial charge in [-0.15, -0.1) is 0 Å². The van der Waals surface area contributed by atoms with E-state index in [2.05, 4.69) is 10.3 Å². The van der Waals surface area contributed by atoms with Gasteiger partial charge in [-0.3, -0.25) is 10.1 Å². The monoisotopic (exact) mass is 291 g/mol. The van der Waals surface area contributed by atoms with Gasteiger partial charge < -0.3 is 10.4 Å². The number of hydrogen-bond donors (Lipinski definition) is 2. The van der Waals surface area contributed by atoms with Crippen LogP contribution in [0.3, 0.4) is 0 Å². The predicted molar refractivity (Wildman–Crippen MR) is 75.5 cm³/mol. The second kappa shape index (κ2) is 6.27. The highest BCUT2D eigenvalue weighted by Gasteiger charge is 2.12. The molecule has 0 unspecified atom stereocenters. The first kappa shape index (κ1) is 14.9. The smallest absolute Gasteiger partial charge is 0.287 e. The lowest BCUT2D eigenvalue weighted by atomic mass is 10.1. The number of aromatic nitrogens is 1. The zero-order valence-electron chi connectivity index (χ0n) is 11.3. The van der Waals surface area contributed by atoms with Gasteiger partial charge >= 0.3 is 0 Å². The molecule has 1 aromatic heterocycles. The van der Waals surface area contributed by atoms with Crippen LogP contribution in [-0.4, -0.2) is 21.6 Å². The fourth-order valence-electron chi connectivity index (χ4n) is 1.87. The minimum absolute atomic E-state index is 0.0938. The lowest BCUT2D eigenvalue weighted by molar-refractivity contribution is -0.385. The fourth-order valence-corrected chi connectivity index (χ4v) is 1.87. The van der Waals surface area contributed by atoms with Crippen molar-refractivity contribution in [2.75, 3.05) is 11.9 Å². The van der Waals surface area contributed by atoms with Crippen LogP contribution >= 0.6 is 0 Å². The van der Waals surface area contributed by atoms with E-state index < -0.39 is 16.8 Å². The third-order valence-corrected chi connectivity index (χ3v) is 2.97. The maximum Gasteiger partial charge on any atom is 0.287 e. The molecule has 0 spiro atoms. The van der Waals surface area contributed by atoms with Gasteiger partial charge in [0.2, 0.25) is 0 Å². The second-order valence-corrected chi connectivity index (χ2v) is 4.57. The van der Waals surface area contributed by atoms with Gasteiger partial charge in [0.05, 0.1) is 11.0 Å². The summed E-state index contributed by atoms with van der Waals surface area (Å²) in [7, 11) is 0. The third kappa shape index (κ3) is 3.73. The van der Waals surface area contributed by atoms with Gasteiger partial charge in [0, 0.05) is 12.6 Å². The van der Waals surface area contributed by atoms with E-state index in [4.69, 9.17) is 0 Å². The van der Waals surface area contributed by atoms with Gasteiger partial charge in [-0.05, 0) is 30.2 Å². The average Bonchev–Trinajstić information content (AvgIpc) is 2.45. The van der Waals surface area contributed by atoms with Crippen LogP contribution in [0.2, 0.25) is 0 Å². The van der Waals surface area contributed by atoms with Gasteiger partial charge in [0.15, 0.2) is 0 Å².